The molecule has 0 aromatic carbocycles. The second-order valence-corrected chi connectivity index (χ2v) is 7.03. The third-order valence-corrected chi connectivity index (χ3v) is 4.15. The highest BCUT2D eigenvalue weighted by Crippen LogP contribution is 2.01. The number of carboxylic acid groups (broad SMARTS) is 2. The number of nitrogens with two attached hydrogens (primary N) is 4. The highest BCUT2D eigenvalue weighted by Gasteiger charge is 2.31. The average molecular weight is 490 g/mol. The number of aliphatic hydroxyl groups is 1. The second-order valence-electron chi connectivity index (χ2n) is 7.03. The summed E-state index contributed by atoms with van der Waals surface area (Å²) < 4.78 is 0. The molecule has 4 amide bonds. The van der Waals surface area contributed by atoms with Crippen molar-refractivity contribution in [3.8, 4) is 0 Å². The molecule has 17 nitrogen and oxygen atoms in total. The molecule has 0 spiro atoms. The standard InChI is InChI=1S/C17H30N8O9/c18-7(2-1-3-22-17(20)21)13(30)25-10(6-26)15(32)23-8(5-12(28)29)14(31)24-9(16(33)34)4-11(19)27/h7-10,26H,1-6,18H2,(H2,19,27)(H,23,32)(H,24,31)(H,25,30)(H,28,29)(H,33,34)(H4,20,21,22). The van der Waals surface area contributed by atoms with Crippen molar-refractivity contribution in [2.45, 2.75) is 49.9 Å². The van der Waals surface area contributed by atoms with Crippen LogP contribution in [0.3, 0.4) is 0 Å². The van der Waals surface area contributed by atoms with Gasteiger partial charge in [0.1, 0.15) is 18.1 Å². The maximum absolute atomic E-state index is 12.4. The minimum Gasteiger partial charge on any atom is -0.481 e. The Labute approximate surface area is 193 Å². The van der Waals surface area contributed by atoms with Crippen LogP contribution >= 0.6 is 0 Å². The van der Waals surface area contributed by atoms with Gasteiger partial charge in [0, 0.05) is 6.54 Å². The van der Waals surface area contributed by atoms with Crippen molar-refractivity contribution in [3.05, 3.63) is 0 Å². The molecule has 0 heterocycles. The Morgan fingerprint density at radius 2 is 1.32 bits per heavy atom. The van der Waals surface area contributed by atoms with Crippen LogP contribution in [0.5, 0.6) is 0 Å². The molecule has 0 radical (unpaired) electrons. The molecule has 0 aromatic rings. The average Bonchev–Trinajstić information content (AvgIpc) is 2.72. The molecule has 0 bridgehead atoms. The quantitative estimate of drug-likeness (QED) is 0.0549. The Bertz CT molecular complexity index is 800. The number of carbonyl (C=O) groups is 6. The Morgan fingerprint density at radius 3 is 1.79 bits per heavy atom. The highest BCUT2D eigenvalue weighted by molar-refractivity contribution is 5.96. The molecule has 0 aliphatic carbocycles. The van der Waals surface area contributed by atoms with Crippen molar-refractivity contribution in [3.63, 3.8) is 0 Å². The van der Waals surface area contributed by atoms with Gasteiger partial charge in [-0.25, -0.2) is 4.79 Å². The first-order chi connectivity index (χ1) is 15.8. The minimum atomic E-state index is -1.81. The van der Waals surface area contributed by atoms with E-state index in [1.807, 2.05) is 10.6 Å². The lowest BCUT2D eigenvalue weighted by atomic mass is 10.1. The van der Waals surface area contributed by atoms with Crippen LogP contribution in [0.25, 0.3) is 0 Å². The van der Waals surface area contributed by atoms with E-state index in [9.17, 15) is 33.9 Å². The van der Waals surface area contributed by atoms with Crippen molar-refractivity contribution in [2.24, 2.45) is 27.9 Å². The van der Waals surface area contributed by atoms with Gasteiger partial charge in [-0.15, -0.1) is 0 Å². The van der Waals surface area contributed by atoms with E-state index >= 15 is 0 Å². The number of aliphatic hydroxyl groups excluding tert-OH is 1. The Hall–Kier alpha value is -3.99. The van der Waals surface area contributed by atoms with Gasteiger partial charge in [-0.05, 0) is 12.8 Å². The van der Waals surface area contributed by atoms with E-state index < -0.39 is 79.2 Å². The van der Waals surface area contributed by atoms with Gasteiger partial charge in [0.25, 0.3) is 0 Å². The number of nitrogens with one attached hydrogen (secondary N) is 3. The maximum Gasteiger partial charge on any atom is 0.326 e. The van der Waals surface area contributed by atoms with Gasteiger partial charge in [-0.3, -0.25) is 29.0 Å². The Morgan fingerprint density at radius 1 is 0.794 bits per heavy atom. The lowest BCUT2D eigenvalue weighted by Gasteiger charge is -2.23. The highest BCUT2D eigenvalue weighted by atomic mass is 16.4. The van der Waals surface area contributed by atoms with Crippen LogP contribution in [-0.2, 0) is 28.8 Å². The zero-order valence-electron chi connectivity index (χ0n) is 18.1. The van der Waals surface area contributed by atoms with Gasteiger partial charge in [0.05, 0.1) is 25.5 Å². The minimum absolute atomic E-state index is 0.128. The number of aliphatic carboxylic acids is 2. The van der Waals surface area contributed by atoms with Crippen molar-refractivity contribution in [1.82, 2.24) is 16.0 Å². The van der Waals surface area contributed by atoms with Crippen LogP contribution in [0.15, 0.2) is 4.99 Å². The fourth-order valence-electron chi connectivity index (χ4n) is 2.45. The summed E-state index contributed by atoms with van der Waals surface area (Å²) >= 11 is 0. The van der Waals surface area contributed by atoms with E-state index in [1.165, 1.54) is 0 Å². The predicted molar refractivity (Wildman–Crippen MR) is 114 cm³/mol. The molecule has 0 aromatic heterocycles. The molecule has 4 unspecified atom stereocenters. The molecule has 0 saturated heterocycles. The SMILES string of the molecule is NC(=O)CC(NC(=O)C(CC(=O)O)NC(=O)C(CO)NC(=O)C(N)CCCN=C(N)N)C(=O)O. The number of hydrogen-bond acceptors (Lipinski definition) is 9. The number of carbonyl (C=O) groups excluding carboxylic acids is 4. The molecule has 34 heavy (non-hydrogen) atoms. The van der Waals surface area contributed by atoms with E-state index in [-0.39, 0.29) is 18.9 Å². The molecule has 14 N–H and O–H groups in total. The maximum atomic E-state index is 12.4. The molecule has 0 saturated carbocycles. The van der Waals surface area contributed by atoms with Crippen LogP contribution in [0.4, 0.5) is 0 Å². The van der Waals surface area contributed by atoms with Gasteiger partial charge in [-0.1, -0.05) is 0 Å². The molecule has 17 heteroatoms. The van der Waals surface area contributed by atoms with E-state index in [4.69, 9.17) is 33.1 Å². The molecule has 0 fully saturated rings. The largest absolute Gasteiger partial charge is 0.481 e. The van der Waals surface area contributed by atoms with Gasteiger partial charge >= 0.3 is 11.9 Å². The molecule has 0 rings (SSSR count). The van der Waals surface area contributed by atoms with E-state index in [0.717, 1.165) is 0 Å². The van der Waals surface area contributed by atoms with E-state index in [1.54, 1.807) is 0 Å². The third-order valence-electron chi connectivity index (χ3n) is 4.15. The Balaban J connectivity index is 5.18. The van der Waals surface area contributed by atoms with Crippen molar-refractivity contribution < 1.29 is 44.1 Å². The van der Waals surface area contributed by atoms with Gasteiger partial charge < -0.3 is 54.2 Å². The summed E-state index contributed by atoms with van der Waals surface area (Å²) in [5.41, 5.74) is 21.0. The van der Waals surface area contributed by atoms with Crippen LogP contribution < -0.4 is 38.9 Å². The lowest BCUT2D eigenvalue weighted by molar-refractivity contribution is -0.145. The van der Waals surface area contributed by atoms with E-state index in [2.05, 4.69) is 10.3 Å². The zero-order chi connectivity index (χ0) is 26.4. The summed E-state index contributed by atoms with van der Waals surface area (Å²) in [6.45, 7) is -0.731. The number of hydrogen-bond donors (Lipinski definition) is 10. The lowest BCUT2D eigenvalue weighted by Crippen LogP contribution is -2.58. The summed E-state index contributed by atoms with van der Waals surface area (Å²) in [5.74, 6) is -7.57. The molecular formula is C17H30N8O9. The van der Waals surface area contributed by atoms with Gasteiger partial charge in [-0.2, -0.15) is 0 Å². The number of aliphatic imine (C=N–C) groups is 1. The molecule has 0 aliphatic rings. The van der Waals surface area contributed by atoms with Crippen LogP contribution in [0.2, 0.25) is 0 Å². The van der Waals surface area contributed by atoms with Crippen molar-refractivity contribution in [2.75, 3.05) is 13.2 Å². The monoisotopic (exact) mass is 490 g/mol. The Kier molecular flexibility index (Phi) is 13.2. The molecule has 4 atom stereocenters. The number of nitrogens with zero attached hydrogens (tertiary/aromatic N) is 1. The van der Waals surface area contributed by atoms with Gasteiger partial charge in [0.15, 0.2) is 5.96 Å². The molecule has 0 aliphatic heterocycles. The number of carboxylic acids is 2. The summed E-state index contributed by atoms with van der Waals surface area (Å²) in [5, 5.41) is 33.6. The van der Waals surface area contributed by atoms with Crippen molar-refractivity contribution in [1.29, 1.82) is 0 Å². The number of amides is 4. The fraction of sp³-hybridized carbons (Fsp3) is 0.588. The summed E-state index contributed by atoms with van der Waals surface area (Å²) in [6.07, 6.45) is -1.30. The third kappa shape index (κ3) is 12.2. The number of rotatable bonds is 16. The molecular weight excluding hydrogens is 460 g/mol. The van der Waals surface area contributed by atoms with E-state index in [0.29, 0.717) is 6.42 Å². The molecule has 192 valence electrons. The first-order valence-corrected chi connectivity index (χ1v) is 9.84. The number of primary amides is 1. The van der Waals surface area contributed by atoms with Gasteiger partial charge in [0.2, 0.25) is 23.6 Å². The number of guanidine groups is 1. The van der Waals surface area contributed by atoms with Crippen molar-refractivity contribution >= 4 is 41.5 Å². The second kappa shape index (κ2) is 15.0. The first-order valence-electron chi connectivity index (χ1n) is 9.84. The van der Waals surface area contributed by atoms with Crippen LogP contribution in [0, 0.1) is 0 Å². The van der Waals surface area contributed by atoms with Crippen LogP contribution in [0.1, 0.15) is 25.7 Å². The normalized spacial score (nSPS) is 13.9. The smallest absolute Gasteiger partial charge is 0.326 e. The van der Waals surface area contributed by atoms with Crippen LogP contribution in [-0.4, -0.2) is 94.2 Å². The topological polar surface area (TPSA) is 316 Å². The first kappa shape index (κ1) is 30.0. The summed E-state index contributed by atoms with van der Waals surface area (Å²) in [6, 6.07) is -6.29. The zero-order valence-corrected chi connectivity index (χ0v) is 18.1. The summed E-state index contributed by atoms with van der Waals surface area (Å²) in [7, 11) is 0. The summed E-state index contributed by atoms with van der Waals surface area (Å²) in [4.78, 5) is 73.9. The predicted octanol–water partition coefficient (Wildman–Crippen LogP) is -5.75. The fourth-order valence-corrected chi connectivity index (χ4v) is 2.45.